The number of benzene rings is 1. The monoisotopic (exact) mass is 408 g/mol. The van der Waals surface area contributed by atoms with Crippen molar-refractivity contribution in [3.63, 3.8) is 0 Å². The van der Waals surface area contributed by atoms with Crippen LogP contribution in [0.5, 0.6) is 0 Å². The molecule has 8 heteroatoms. The highest BCUT2D eigenvalue weighted by Crippen LogP contribution is 2.26. The average molecular weight is 409 g/mol. The first kappa shape index (κ1) is 22.2. The van der Waals surface area contributed by atoms with Gasteiger partial charge >= 0.3 is 0 Å². The second kappa shape index (κ2) is 10.5. The highest BCUT2D eigenvalue weighted by molar-refractivity contribution is 7.90. The molecular formula is C20H32N4O3S. The van der Waals surface area contributed by atoms with Gasteiger partial charge in [0.2, 0.25) is 5.91 Å². The van der Waals surface area contributed by atoms with Gasteiger partial charge in [-0.05, 0) is 43.9 Å². The summed E-state index contributed by atoms with van der Waals surface area (Å²) in [5.74, 6) is 1.00. The Kier molecular flexibility index (Phi) is 8.29. The minimum absolute atomic E-state index is 0.0158. The van der Waals surface area contributed by atoms with E-state index >= 15 is 0 Å². The molecule has 0 aromatic heterocycles. The van der Waals surface area contributed by atoms with Gasteiger partial charge in [-0.15, -0.1) is 0 Å². The van der Waals surface area contributed by atoms with Gasteiger partial charge < -0.3 is 16.0 Å². The molecule has 0 heterocycles. The van der Waals surface area contributed by atoms with Crippen LogP contribution in [0.3, 0.4) is 0 Å². The molecule has 156 valence electrons. The predicted molar refractivity (Wildman–Crippen MR) is 114 cm³/mol. The van der Waals surface area contributed by atoms with E-state index in [1.807, 2.05) is 31.2 Å². The van der Waals surface area contributed by atoms with Crippen molar-refractivity contribution in [3.05, 3.63) is 29.8 Å². The summed E-state index contributed by atoms with van der Waals surface area (Å²) in [7, 11) is -1.30. The van der Waals surface area contributed by atoms with Gasteiger partial charge in [-0.2, -0.15) is 0 Å². The van der Waals surface area contributed by atoms with E-state index in [0.717, 1.165) is 36.9 Å². The molecule has 1 aliphatic carbocycles. The van der Waals surface area contributed by atoms with E-state index in [0.29, 0.717) is 18.9 Å². The number of nitrogens with zero attached hydrogens (tertiary/aromatic N) is 1. The molecule has 0 aliphatic heterocycles. The van der Waals surface area contributed by atoms with Crippen molar-refractivity contribution in [2.45, 2.75) is 51.6 Å². The lowest BCUT2D eigenvalue weighted by molar-refractivity contribution is -0.119. The molecule has 3 N–H and O–H groups in total. The number of nitrogens with one attached hydrogen (secondary N) is 3. The number of hydrogen-bond acceptors (Lipinski definition) is 4. The van der Waals surface area contributed by atoms with Crippen LogP contribution in [-0.4, -0.2) is 45.4 Å². The number of carbonyl (C=O) groups excluding carboxylic acids is 1. The molecule has 1 aliphatic rings. The topological polar surface area (TPSA) is 99.7 Å². The Labute approximate surface area is 168 Å². The van der Waals surface area contributed by atoms with Gasteiger partial charge in [0.05, 0.1) is 5.75 Å². The SMILES string of the molecule is CN=C(NCc1cccc(NC(=O)C2CCCC2)c1)NC(C)CCS(C)(=O)=O. The number of sulfone groups is 1. The standard InChI is InChI=1S/C20H32N4O3S/c1-15(11-12-28(3,26)27)23-20(21-2)22-14-16-7-6-10-18(13-16)24-19(25)17-8-4-5-9-17/h6-7,10,13,15,17H,4-5,8-9,11-12,14H2,1-3H3,(H,24,25)(H2,21,22,23). The minimum Gasteiger partial charge on any atom is -0.354 e. The normalized spacial score (nSPS) is 16.6. The largest absolute Gasteiger partial charge is 0.354 e. The van der Waals surface area contributed by atoms with E-state index < -0.39 is 9.84 Å². The van der Waals surface area contributed by atoms with Crippen molar-refractivity contribution in [2.24, 2.45) is 10.9 Å². The Morgan fingerprint density at radius 3 is 2.64 bits per heavy atom. The maximum atomic E-state index is 12.3. The summed E-state index contributed by atoms with van der Waals surface area (Å²) in [5, 5.41) is 9.44. The summed E-state index contributed by atoms with van der Waals surface area (Å²) in [6.45, 7) is 2.48. The van der Waals surface area contributed by atoms with Crippen molar-refractivity contribution in [1.82, 2.24) is 10.6 Å². The third-order valence-corrected chi connectivity index (χ3v) is 5.89. The number of aliphatic imine (C=N–C) groups is 1. The highest BCUT2D eigenvalue weighted by atomic mass is 32.2. The van der Waals surface area contributed by atoms with Crippen LogP contribution in [-0.2, 0) is 21.2 Å². The number of carbonyl (C=O) groups is 1. The summed E-state index contributed by atoms with van der Waals surface area (Å²) in [6.07, 6.45) is 5.99. The molecule has 1 atom stereocenters. The molecule has 1 amide bonds. The van der Waals surface area contributed by atoms with Crippen LogP contribution >= 0.6 is 0 Å². The lowest BCUT2D eigenvalue weighted by Gasteiger charge is -2.18. The lowest BCUT2D eigenvalue weighted by Crippen LogP contribution is -2.42. The number of guanidine groups is 1. The van der Waals surface area contributed by atoms with Gasteiger partial charge in [-0.1, -0.05) is 25.0 Å². The smallest absolute Gasteiger partial charge is 0.227 e. The number of hydrogen-bond donors (Lipinski definition) is 3. The molecule has 0 radical (unpaired) electrons. The second-order valence-electron chi connectivity index (χ2n) is 7.56. The Bertz CT molecular complexity index is 786. The number of anilines is 1. The van der Waals surface area contributed by atoms with E-state index in [1.54, 1.807) is 7.05 Å². The molecule has 2 rings (SSSR count). The van der Waals surface area contributed by atoms with Crippen LogP contribution in [0.2, 0.25) is 0 Å². The third kappa shape index (κ3) is 7.88. The average Bonchev–Trinajstić information content (AvgIpc) is 3.18. The minimum atomic E-state index is -2.97. The summed E-state index contributed by atoms with van der Waals surface area (Å²) < 4.78 is 22.6. The third-order valence-electron chi connectivity index (χ3n) is 4.91. The first-order chi connectivity index (χ1) is 13.3. The van der Waals surface area contributed by atoms with Crippen molar-refractivity contribution >= 4 is 27.4 Å². The Morgan fingerprint density at radius 2 is 2.00 bits per heavy atom. The van der Waals surface area contributed by atoms with Crippen LogP contribution < -0.4 is 16.0 Å². The van der Waals surface area contributed by atoms with Gasteiger partial charge in [0.25, 0.3) is 0 Å². The van der Waals surface area contributed by atoms with Gasteiger partial charge in [-0.25, -0.2) is 8.42 Å². The first-order valence-electron chi connectivity index (χ1n) is 9.81. The van der Waals surface area contributed by atoms with Crippen LogP contribution in [0.1, 0.15) is 44.6 Å². The summed E-state index contributed by atoms with van der Waals surface area (Å²) in [4.78, 5) is 16.5. The zero-order valence-corrected chi connectivity index (χ0v) is 17.8. The van der Waals surface area contributed by atoms with Gasteiger partial charge in [0, 0.05) is 37.5 Å². The van der Waals surface area contributed by atoms with Crippen molar-refractivity contribution < 1.29 is 13.2 Å². The number of amides is 1. The predicted octanol–water partition coefficient (Wildman–Crippen LogP) is 2.30. The Hall–Kier alpha value is -2.09. The summed E-state index contributed by atoms with van der Waals surface area (Å²) in [5.41, 5.74) is 1.83. The van der Waals surface area contributed by atoms with Crippen LogP contribution in [0, 0.1) is 5.92 Å². The zero-order chi connectivity index (χ0) is 20.6. The molecule has 1 aromatic carbocycles. The van der Waals surface area contributed by atoms with E-state index in [4.69, 9.17) is 0 Å². The van der Waals surface area contributed by atoms with E-state index in [1.165, 1.54) is 6.26 Å². The maximum Gasteiger partial charge on any atom is 0.227 e. The molecule has 7 nitrogen and oxygen atoms in total. The van der Waals surface area contributed by atoms with Crippen molar-refractivity contribution in [3.8, 4) is 0 Å². The molecule has 0 spiro atoms. The van der Waals surface area contributed by atoms with Crippen LogP contribution in [0.15, 0.2) is 29.3 Å². The molecular weight excluding hydrogens is 376 g/mol. The van der Waals surface area contributed by atoms with E-state index in [-0.39, 0.29) is 23.6 Å². The van der Waals surface area contributed by atoms with Crippen molar-refractivity contribution in [2.75, 3.05) is 24.4 Å². The molecule has 1 unspecified atom stereocenters. The molecule has 1 fully saturated rings. The zero-order valence-electron chi connectivity index (χ0n) is 17.0. The van der Waals surface area contributed by atoms with Crippen LogP contribution in [0.4, 0.5) is 5.69 Å². The second-order valence-corrected chi connectivity index (χ2v) is 9.82. The van der Waals surface area contributed by atoms with E-state index in [2.05, 4.69) is 20.9 Å². The van der Waals surface area contributed by atoms with Gasteiger partial charge in [-0.3, -0.25) is 9.79 Å². The van der Waals surface area contributed by atoms with E-state index in [9.17, 15) is 13.2 Å². The fourth-order valence-electron chi connectivity index (χ4n) is 3.27. The molecule has 0 saturated heterocycles. The van der Waals surface area contributed by atoms with Gasteiger partial charge in [0.1, 0.15) is 9.84 Å². The first-order valence-corrected chi connectivity index (χ1v) is 11.9. The quantitative estimate of drug-likeness (QED) is 0.453. The molecule has 28 heavy (non-hydrogen) atoms. The summed E-state index contributed by atoms with van der Waals surface area (Å²) >= 11 is 0. The maximum absolute atomic E-state index is 12.3. The Morgan fingerprint density at radius 1 is 1.29 bits per heavy atom. The lowest BCUT2D eigenvalue weighted by atomic mass is 10.1. The van der Waals surface area contributed by atoms with Gasteiger partial charge in [0.15, 0.2) is 5.96 Å². The Balaban J connectivity index is 1.84. The molecule has 1 aromatic rings. The fourth-order valence-corrected chi connectivity index (χ4v) is 4.05. The molecule has 1 saturated carbocycles. The molecule has 0 bridgehead atoms. The summed E-state index contributed by atoms with van der Waals surface area (Å²) in [6, 6.07) is 7.75. The fraction of sp³-hybridized carbons (Fsp3) is 0.600. The highest BCUT2D eigenvalue weighted by Gasteiger charge is 2.22. The number of rotatable bonds is 8. The van der Waals surface area contributed by atoms with Crippen LogP contribution in [0.25, 0.3) is 0 Å². The van der Waals surface area contributed by atoms with Crippen molar-refractivity contribution in [1.29, 1.82) is 0 Å².